The molecule has 0 spiro atoms. The first-order chi connectivity index (χ1) is 13.1. The maximum atomic E-state index is 12.6. The van der Waals surface area contributed by atoms with Crippen LogP contribution in [0.5, 0.6) is 11.5 Å². The number of ether oxygens (including phenoxy) is 2. The highest BCUT2D eigenvalue weighted by Crippen LogP contribution is 2.29. The second-order valence-corrected chi connectivity index (χ2v) is 8.31. The lowest BCUT2D eigenvalue weighted by atomic mass is 10.3. The largest absolute Gasteiger partial charge is 0.493 e. The molecule has 1 aliphatic rings. The number of rotatable bonds is 10. The zero-order valence-corrected chi connectivity index (χ0v) is 17.8. The minimum atomic E-state index is -0.0408. The first kappa shape index (κ1) is 21.9. The van der Waals surface area contributed by atoms with E-state index in [2.05, 4.69) is 4.90 Å². The van der Waals surface area contributed by atoms with Crippen LogP contribution in [0.1, 0.15) is 13.8 Å². The van der Waals surface area contributed by atoms with Gasteiger partial charge in [0.05, 0.1) is 19.4 Å². The van der Waals surface area contributed by atoms with Crippen LogP contribution in [0.15, 0.2) is 24.3 Å². The van der Waals surface area contributed by atoms with Gasteiger partial charge in [-0.3, -0.25) is 14.5 Å². The number of methoxy groups -OCH3 is 1. The number of benzene rings is 1. The van der Waals surface area contributed by atoms with Gasteiger partial charge < -0.3 is 14.4 Å². The lowest BCUT2D eigenvalue weighted by Gasteiger charge is -2.24. The molecular weight excluding hydrogens is 384 g/mol. The van der Waals surface area contributed by atoms with Gasteiger partial charge in [0, 0.05) is 12.3 Å². The van der Waals surface area contributed by atoms with Gasteiger partial charge in [0.15, 0.2) is 11.5 Å². The number of carbonyl (C=O) groups is 2. The second kappa shape index (κ2) is 11.5. The Kier molecular flexibility index (Phi) is 9.30. The van der Waals surface area contributed by atoms with E-state index in [9.17, 15) is 9.59 Å². The van der Waals surface area contributed by atoms with Gasteiger partial charge >= 0.3 is 0 Å². The van der Waals surface area contributed by atoms with Crippen molar-refractivity contribution in [3.63, 3.8) is 0 Å². The van der Waals surface area contributed by atoms with Gasteiger partial charge in [-0.15, -0.1) is 11.8 Å². The Labute approximate surface area is 169 Å². The summed E-state index contributed by atoms with van der Waals surface area (Å²) >= 11 is 2.81. The third-order valence-electron chi connectivity index (χ3n) is 4.36. The van der Waals surface area contributed by atoms with E-state index in [-0.39, 0.29) is 22.1 Å². The summed E-state index contributed by atoms with van der Waals surface area (Å²) in [4.78, 5) is 28.5. The van der Waals surface area contributed by atoms with E-state index < -0.39 is 0 Å². The van der Waals surface area contributed by atoms with Crippen LogP contribution in [0.4, 0.5) is 0 Å². The molecule has 150 valence electrons. The van der Waals surface area contributed by atoms with E-state index in [0.717, 1.165) is 30.6 Å². The van der Waals surface area contributed by atoms with Crippen LogP contribution in [0.3, 0.4) is 0 Å². The minimum absolute atomic E-state index is 0.00785. The van der Waals surface area contributed by atoms with E-state index in [1.165, 1.54) is 0 Å². The molecule has 1 aromatic carbocycles. The molecule has 2 rings (SSSR count). The molecule has 0 N–H and O–H groups in total. The van der Waals surface area contributed by atoms with Gasteiger partial charge in [-0.25, -0.2) is 0 Å². The minimum Gasteiger partial charge on any atom is -0.493 e. The quantitative estimate of drug-likeness (QED) is 0.585. The van der Waals surface area contributed by atoms with Crippen molar-refractivity contribution in [1.29, 1.82) is 0 Å². The van der Waals surface area contributed by atoms with Crippen LogP contribution < -0.4 is 9.47 Å². The lowest BCUT2D eigenvalue weighted by molar-refractivity contribution is -0.129. The molecule has 0 aliphatic carbocycles. The van der Waals surface area contributed by atoms with E-state index >= 15 is 0 Å². The summed E-state index contributed by atoms with van der Waals surface area (Å²) < 4.78 is 11.2. The Bertz CT molecular complexity index is 625. The molecule has 27 heavy (non-hydrogen) atoms. The van der Waals surface area contributed by atoms with E-state index in [0.29, 0.717) is 31.2 Å². The van der Waals surface area contributed by atoms with E-state index in [4.69, 9.17) is 9.47 Å². The fourth-order valence-corrected chi connectivity index (χ4v) is 4.61. The van der Waals surface area contributed by atoms with Crippen LogP contribution in [0.25, 0.3) is 0 Å². The van der Waals surface area contributed by atoms with Crippen LogP contribution in [-0.4, -0.2) is 77.6 Å². The summed E-state index contributed by atoms with van der Waals surface area (Å²) in [5, 5.41) is 0.00150. The third-order valence-corrected chi connectivity index (χ3v) is 6.40. The molecule has 1 aromatic rings. The zero-order valence-electron chi connectivity index (χ0n) is 16.2. The lowest BCUT2D eigenvalue weighted by Crippen LogP contribution is -2.39. The predicted octanol–water partition coefficient (Wildman–Crippen LogP) is 2.58. The Hall–Kier alpha value is -1.38. The molecule has 1 fully saturated rings. The molecule has 0 saturated carbocycles. The molecule has 1 atom stereocenters. The summed E-state index contributed by atoms with van der Waals surface area (Å²) in [5.41, 5.74) is 0. The first-order valence-electron chi connectivity index (χ1n) is 9.13. The van der Waals surface area contributed by atoms with Crippen molar-refractivity contribution >= 4 is 34.5 Å². The molecule has 1 heterocycles. The Morgan fingerprint density at radius 2 is 1.96 bits per heavy atom. The number of likely N-dealkylation sites (N-methyl/N-ethyl adjacent to an activating group) is 1. The van der Waals surface area contributed by atoms with Crippen LogP contribution >= 0.6 is 23.5 Å². The molecule has 1 aliphatic heterocycles. The number of nitrogens with zero attached hydrogens (tertiary/aromatic N) is 2. The van der Waals surface area contributed by atoms with Crippen molar-refractivity contribution in [2.24, 2.45) is 0 Å². The summed E-state index contributed by atoms with van der Waals surface area (Å²) in [6, 6.07) is 7.48. The maximum absolute atomic E-state index is 12.6. The average molecular weight is 413 g/mol. The van der Waals surface area contributed by atoms with Crippen molar-refractivity contribution in [2.45, 2.75) is 19.2 Å². The summed E-state index contributed by atoms with van der Waals surface area (Å²) in [7, 11) is 1.61. The Morgan fingerprint density at radius 3 is 2.63 bits per heavy atom. The van der Waals surface area contributed by atoms with E-state index in [1.54, 1.807) is 18.9 Å². The molecule has 6 nitrogen and oxygen atoms in total. The summed E-state index contributed by atoms with van der Waals surface area (Å²) in [5.74, 6) is 2.40. The molecular formula is C19H28N2O4S2. The van der Waals surface area contributed by atoms with Gasteiger partial charge in [-0.05, 0) is 25.2 Å². The predicted molar refractivity (Wildman–Crippen MR) is 112 cm³/mol. The molecule has 0 radical (unpaired) electrons. The normalized spacial score (nSPS) is 16.6. The zero-order chi connectivity index (χ0) is 19.6. The molecule has 1 amide bonds. The fourth-order valence-electron chi connectivity index (χ4n) is 2.74. The number of hydrogen-bond donors (Lipinski definition) is 0. The summed E-state index contributed by atoms with van der Waals surface area (Å²) in [6.45, 7) is 7.20. The van der Waals surface area contributed by atoms with E-state index in [1.807, 2.05) is 43.0 Å². The van der Waals surface area contributed by atoms with Gasteiger partial charge in [0.2, 0.25) is 11.0 Å². The van der Waals surface area contributed by atoms with Crippen molar-refractivity contribution < 1.29 is 19.1 Å². The maximum Gasteiger partial charge on any atom is 0.234 e. The number of hydrogen-bond acceptors (Lipinski definition) is 7. The molecule has 1 unspecified atom stereocenters. The standard InChI is InChI=1S/C19H28N2O4S2/c1-4-20(5-2)12-19(23)27-14-17(22)21-10-11-26-18(21)13-25-16-9-7-6-8-15(16)24-3/h6-9,18H,4-5,10-14H2,1-3H3. The Balaban J connectivity index is 1.82. The van der Waals surface area contributed by atoms with Crippen molar-refractivity contribution in [3.05, 3.63) is 24.3 Å². The van der Waals surface area contributed by atoms with Crippen molar-refractivity contribution in [3.8, 4) is 11.5 Å². The monoisotopic (exact) mass is 412 g/mol. The fraction of sp³-hybridized carbons (Fsp3) is 0.579. The van der Waals surface area contributed by atoms with Gasteiger partial charge in [0.25, 0.3) is 0 Å². The number of thioether (sulfide) groups is 2. The topological polar surface area (TPSA) is 59.1 Å². The van der Waals surface area contributed by atoms with Crippen LogP contribution in [0.2, 0.25) is 0 Å². The molecule has 8 heteroatoms. The summed E-state index contributed by atoms with van der Waals surface area (Å²) in [6.07, 6.45) is 0. The SMILES string of the molecule is CCN(CC)CC(=O)SCC(=O)N1CCSC1COc1ccccc1OC. The molecule has 0 aromatic heterocycles. The van der Waals surface area contributed by atoms with Crippen molar-refractivity contribution in [1.82, 2.24) is 9.80 Å². The van der Waals surface area contributed by atoms with Crippen LogP contribution in [-0.2, 0) is 9.59 Å². The third kappa shape index (κ3) is 6.62. The first-order valence-corrected chi connectivity index (χ1v) is 11.2. The van der Waals surface area contributed by atoms with Gasteiger partial charge in [-0.2, -0.15) is 0 Å². The smallest absolute Gasteiger partial charge is 0.234 e. The highest BCUT2D eigenvalue weighted by atomic mass is 32.2. The van der Waals surface area contributed by atoms with Crippen molar-refractivity contribution in [2.75, 3.05) is 51.4 Å². The number of carbonyl (C=O) groups excluding carboxylic acids is 2. The van der Waals surface area contributed by atoms with Gasteiger partial charge in [0.1, 0.15) is 12.0 Å². The highest BCUT2D eigenvalue weighted by Gasteiger charge is 2.30. The van der Waals surface area contributed by atoms with Crippen LogP contribution in [0, 0.1) is 0 Å². The van der Waals surface area contributed by atoms with Gasteiger partial charge in [-0.1, -0.05) is 37.7 Å². The second-order valence-electron chi connectivity index (χ2n) is 6.00. The average Bonchev–Trinajstić information content (AvgIpc) is 3.17. The highest BCUT2D eigenvalue weighted by molar-refractivity contribution is 8.14. The molecule has 1 saturated heterocycles. The molecule has 0 bridgehead atoms. The Morgan fingerprint density at radius 1 is 1.26 bits per heavy atom. The number of amides is 1. The number of para-hydroxylation sites is 2.